The van der Waals surface area contributed by atoms with Gasteiger partial charge in [-0.25, -0.2) is 4.79 Å². The summed E-state index contributed by atoms with van der Waals surface area (Å²) in [5, 5.41) is 11.8. The van der Waals surface area contributed by atoms with E-state index < -0.39 is 11.8 Å². The van der Waals surface area contributed by atoms with Gasteiger partial charge >= 0.3 is 5.97 Å². The topological polar surface area (TPSA) is 63.6 Å². The Bertz CT molecular complexity index is 757. The predicted molar refractivity (Wildman–Crippen MR) is 85.5 cm³/mol. The van der Waals surface area contributed by atoms with E-state index in [1.807, 2.05) is 24.3 Å². The fraction of sp³-hybridized carbons (Fsp3) is 0.222. The summed E-state index contributed by atoms with van der Waals surface area (Å²) in [5.41, 5.74) is 0.351. The van der Waals surface area contributed by atoms with Crippen LogP contribution in [0.25, 0.3) is 16.8 Å². The summed E-state index contributed by atoms with van der Waals surface area (Å²) >= 11 is 0. The summed E-state index contributed by atoms with van der Waals surface area (Å²) in [7, 11) is 0. The minimum Gasteiger partial charge on any atom is -0.507 e. The van der Waals surface area contributed by atoms with Crippen LogP contribution in [-0.2, 0) is 14.3 Å². The molecule has 0 aliphatic carbocycles. The van der Waals surface area contributed by atoms with Crippen LogP contribution in [0.3, 0.4) is 0 Å². The van der Waals surface area contributed by atoms with Crippen molar-refractivity contribution in [2.75, 3.05) is 0 Å². The Balaban J connectivity index is 2.60. The second kappa shape index (κ2) is 6.43. The first kappa shape index (κ1) is 15.8. The Morgan fingerprint density at radius 2 is 1.82 bits per heavy atom. The smallest absolute Gasteiger partial charge is 0.342 e. The van der Waals surface area contributed by atoms with Crippen molar-refractivity contribution in [2.45, 2.75) is 26.9 Å². The van der Waals surface area contributed by atoms with E-state index in [9.17, 15) is 14.7 Å². The van der Waals surface area contributed by atoms with Crippen molar-refractivity contribution in [3.63, 3.8) is 0 Å². The number of Topliss-reactive ketones (excluding diaryl/α,β-unsaturated/α-hetero) is 1. The van der Waals surface area contributed by atoms with Crippen LogP contribution in [0, 0.1) is 0 Å². The molecule has 22 heavy (non-hydrogen) atoms. The molecule has 4 nitrogen and oxygen atoms in total. The third-order valence-corrected chi connectivity index (χ3v) is 3.18. The second-order valence-electron chi connectivity index (χ2n) is 5.29. The van der Waals surface area contributed by atoms with Gasteiger partial charge in [-0.1, -0.05) is 30.3 Å². The Labute approximate surface area is 129 Å². The van der Waals surface area contributed by atoms with Crippen molar-refractivity contribution in [1.29, 1.82) is 0 Å². The average Bonchev–Trinajstić information content (AvgIpc) is 2.45. The molecule has 2 rings (SSSR count). The lowest BCUT2D eigenvalue weighted by molar-refractivity contribution is -0.143. The van der Waals surface area contributed by atoms with E-state index in [0.29, 0.717) is 5.56 Å². The van der Waals surface area contributed by atoms with E-state index in [1.54, 1.807) is 26.0 Å². The van der Waals surface area contributed by atoms with Gasteiger partial charge in [-0.15, -0.1) is 0 Å². The fourth-order valence-corrected chi connectivity index (χ4v) is 2.16. The van der Waals surface area contributed by atoms with Gasteiger partial charge in [0.05, 0.1) is 6.10 Å². The molecule has 0 spiro atoms. The van der Waals surface area contributed by atoms with E-state index in [2.05, 4.69) is 0 Å². The summed E-state index contributed by atoms with van der Waals surface area (Å²) in [6.07, 6.45) is 1.07. The van der Waals surface area contributed by atoms with Crippen LogP contribution < -0.4 is 0 Å². The number of carbonyl (C=O) groups excluding carboxylic acids is 2. The van der Waals surface area contributed by atoms with Crippen molar-refractivity contribution < 1.29 is 19.4 Å². The maximum absolute atomic E-state index is 12.1. The molecule has 4 heteroatoms. The summed E-state index contributed by atoms with van der Waals surface area (Å²) in [4.78, 5) is 23.8. The maximum atomic E-state index is 12.1. The highest BCUT2D eigenvalue weighted by molar-refractivity contribution is 6.20. The van der Waals surface area contributed by atoms with Crippen LogP contribution in [0.15, 0.2) is 42.0 Å². The number of phenolic OH excluding ortho intramolecular Hbond substituents is 1. The molecule has 0 aliphatic heterocycles. The van der Waals surface area contributed by atoms with Crippen LogP contribution in [0.4, 0.5) is 0 Å². The van der Waals surface area contributed by atoms with Crippen molar-refractivity contribution >= 4 is 28.6 Å². The molecule has 2 aromatic rings. The molecule has 0 atom stereocenters. The summed E-state index contributed by atoms with van der Waals surface area (Å²) in [5.74, 6) is -1.08. The molecule has 0 heterocycles. The van der Waals surface area contributed by atoms with Crippen molar-refractivity contribution in [2.24, 2.45) is 0 Å². The van der Waals surface area contributed by atoms with Gasteiger partial charge < -0.3 is 9.84 Å². The van der Waals surface area contributed by atoms with Crippen LogP contribution in [0.5, 0.6) is 5.75 Å². The zero-order valence-electron chi connectivity index (χ0n) is 12.8. The lowest BCUT2D eigenvalue weighted by Crippen LogP contribution is -2.17. The normalized spacial score (nSPS) is 11.7. The second-order valence-corrected chi connectivity index (χ2v) is 5.29. The monoisotopic (exact) mass is 298 g/mol. The summed E-state index contributed by atoms with van der Waals surface area (Å²) in [6, 6.07) is 10.8. The lowest BCUT2D eigenvalue weighted by atomic mass is 10.00. The quantitative estimate of drug-likeness (QED) is 0.406. The molecule has 0 aromatic heterocycles. The predicted octanol–water partition coefficient (Wildman–Crippen LogP) is 3.47. The average molecular weight is 298 g/mol. The zero-order valence-corrected chi connectivity index (χ0v) is 12.8. The Hall–Kier alpha value is -2.62. The number of benzene rings is 2. The highest BCUT2D eigenvalue weighted by Crippen LogP contribution is 2.29. The first-order chi connectivity index (χ1) is 10.4. The van der Waals surface area contributed by atoms with Gasteiger partial charge in [-0.3, -0.25) is 4.79 Å². The minimum atomic E-state index is -0.685. The first-order valence-electron chi connectivity index (χ1n) is 7.04. The minimum absolute atomic E-state index is 0.00907. The fourth-order valence-electron chi connectivity index (χ4n) is 2.16. The Morgan fingerprint density at radius 3 is 2.45 bits per heavy atom. The lowest BCUT2D eigenvalue weighted by Gasteiger charge is -2.10. The van der Waals surface area contributed by atoms with Crippen LogP contribution >= 0.6 is 0 Å². The van der Waals surface area contributed by atoms with E-state index in [0.717, 1.165) is 10.8 Å². The van der Waals surface area contributed by atoms with Gasteiger partial charge in [0.1, 0.15) is 11.3 Å². The highest BCUT2D eigenvalue weighted by Gasteiger charge is 2.19. The summed E-state index contributed by atoms with van der Waals surface area (Å²) in [6.45, 7) is 4.73. The number of carbonyl (C=O) groups is 2. The third kappa shape index (κ3) is 3.34. The van der Waals surface area contributed by atoms with Gasteiger partial charge in [-0.2, -0.15) is 0 Å². The van der Waals surface area contributed by atoms with Crippen molar-refractivity contribution in [1.82, 2.24) is 0 Å². The number of hydrogen-bond acceptors (Lipinski definition) is 4. The molecular formula is C18H18O4. The van der Waals surface area contributed by atoms with Crippen LogP contribution in [0.2, 0.25) is 0 Å². The molecule has 0 saturated heterocycles. The molecule has 0 amide bonds. The number of fused-ring (bicyclic) bond motifs is 1. The van der Waals surface area contributed by atoms with E-state index >= 15 is 0 Å². The molecule has 0 bridgehead atoms. The Morgan fingerprint density at radius 1 is 1.14 bits per heavy atom. The van der Waals surface area contributed by atoms with Gasteiger partial charge in [0.25, 0.3) is 0 Å². The first-order valence-corrected chi connectivity index (χ1v) is 7.04. The molecule has 2 aromatic carbocycles. The Kier molecular flexibility index (Phi) is 4.61. The number of phenols is 1. The van der Waals surface area contributed by atoms with E-state index in [-0.39, 0.29) is 17.4 Å². The molecule has 1 N–H and O–H groups in total. The van der Waals surface area contributed by atoms with E-state index in [4.69, 9.17) is 4.74 Å². The summed E-state index contributed by atoms with van der Waals surface area (Å²) < 4.78 is 5.09. The molecular weight excluding hydrogens is 280 g/mol. The van der Waals surface area contributed by atoms with Crippen molar-refractivity contribution in [3.8, 4) is 5.75 Å². The molecule has 0 fully saturated rings. The molecule has 0 radical (unpaired) electrons. The number of esters is 1. The standard InChI is InChI=1S/C18H18O4/c1-11(2)22-18(21)15(12(3)19)10-16-14-7-5-4-6-13(14)8-9-17(16)20/h4-11,20H,1-3H3. The molecule has 0 saturated carbocycles. The number of ketones is 1. The maximum Gasteiger partial charge on any atom is 0.342 e. The van der Waals surface area contributed by atoms with Gasteiger partial charge in [0.15, 0.2) is 5.78 Å². The van der Waals surface area contributed by atoms with Gasteiger partial charge in [0, 0.05) is 5.56 Å². The van der Waals surface area contributed by atoms with E-state index in [1.165, 1.54) is 13.0 Å². The zero-order chi connectivity index (χ0) is 16.3. The largest absolute Gasteiger partial charge is 0.507 e. The number of ether oxygens (including phenoxy) is 1. The van der Waals surface area contributed by atoms with Crippen LogP contribution in [-0.4, -0.2) is 23.0 Å². The molecule has 0 unspecified atom stereocenters. The van der Waals surface area contributed by atoms with Gasteiger partial charge in [0.2, 0.25) is 0 Å². The number of rotatable bonds is 4. The SMILES string of the molecule is CC(=O)C(=Cc1c(O)ccc2ccccc12)C(=O)OC(C)C. The molecule has 0 aliphatic rings. The van der Waals surface area contributed by atoms with Gasteiger partial charge in [-0.05, 0) is 43.7 Å². The van der Waals surface area contributed by atoms with Crippen LogP contribution in [0.1, 0.15) is 26.3 Å². The van der Waals surface area contributed by atoms with Crippen molar-refractivity contribution in [3.05, 3.63) is 47.5 Å². The molecule has 114 valence electrons. The highest BCUT2D eigenvalue weighted by atomic mass is 16.5. The number of hydrogen-bond donors (Lipinski definition) is 1. The number of aromatic hydroxyl groups is 1. The third-order valence-electron chi connectivity index (χ3n) is 3.18.